The van der Waals surface area contributed by atoms with Crippen molar-refractivity contribution >= 4 is 0 Å². The van der Waals surface area contributed by atoms with E-state index < -0.39 is 11.7 Å². The molecule has 0 saturated carbocycles. The second-order valence-corrected chi connectivity index (χ2v) is 5.01. The Hall–Kier alpha value is -1.97. The van der Waals surface area contributed by atoms with Gasteiger partial charge in [0.05, 0.1) is 5.56 Å². The molecular weight excluding hydrogens is 265 g/mol. The van der Waals surface area contributed by atoms with Crippen LogP contribution in [0.25, 0.3) is 11.1 Å². The van der Waals surface area contributed by atoms with E-state index >= 15 is 0 Å². The molecular formula is C16H15F3O. The van der Waals surface area contributed by atoms with Gasteiger partial charge in [-0.3, -0.25) is 0 Å². The molecule has 0 aliphatic heterocycles. The van der Waals surface area contributed by atoms with Gasteiger partial charge in [0.25, 0.3) is 0 Å². The highest BCUT2D eigenvalue weighted by Gasteiger charge is 2.31. The Morgan fingerprint density at radius 1 is 0.950 bits per heavy atom. The van der Waals surface area contributed by atoms with E-state index in [4.69, 9.17) is 0 Å². The first kappa shape index (κ1) is 14.4. The number of phenolic OH excluding ortho intramolecular Hbond substituents is 1. The fourth-order valence-corrected chi connectivity index (χ4v) is 1.99. The van der Waals surface area contributed by atoms with Crippen molar-refractivity contribution in [3.63, 3.8) is 0 Å². The van der Waals surface area contributed by atoms with Gasteiger partial charge in [-0.05, 0) is 35.2 Å². The molecule has 0 bridgehead atoms. The molecule has 1 N–H and O–H groups in total. The molecule has 4 heteroatoms. The van der Waals surface area contributed by atoms with E-state index in [1.165, 1.54) is 0 Å². The summed E-state index contributed by atoms with van der Waals surface area (Å²) in [6.45, 7) is 4.08. The summed E-state index contributed by atoms with van der Waals surface area (Å²) in [7, 11) is 0. The molecule has 0 amide bonds. The van der Waals surface area contributed by atoms with Crippen molar-refractivity contribution in [3.8, 4) is 16.9 Å². The number of phenols is 1. The van der Waals surface area contributed by atoms with Crippen molar-refractivity contribution < 1.29 is 18.3 Å². The average molecular weight is 280 g/mol. The first-order valence-electron chi connectivity index (χ1n) is 6.29. The maximum atomic E-state index is 12.7. The van der Waals surface area contributed by atoms with E-state index in [-0.39, 0.29) is 11.3 Å². The van der Waals surface area contributed by atoms with Gasteiger partial charge in [-0.2, -0.15) is 13.2 Å². The van der Waals surface area contributed by atoms with Crippen LogP contribution in [0.15, 0.2) is 42.5 Å². The van der Waals surface area contributed by atoms with Crippen molar-refractivity contribution in [2.24, 2.45) is 0 Å². The standard InChI is InChI=1S/C16H15F3O/c1-10(2)11-3-5-12(6-4-11)14-9-13(16(17,18)19)7-8-15(14)20/h3-10,20H,1-2H3. The Morgan fingerprint density at radius 3 is 2.05 bits per heavy atom. The van der Waals surface area contributed by atoms with Gasteiger partial charge < -0.3 is 5.11 Å². The summed E-state index contributed by atoms with van der Waals surface area (Å²) in [5.41, 5.74) is 1.09. The minimum absolute atomic E-state index is 0.157. The van der Waals surface area contributed by atoms with Crippen LogP contribution >= 0.6 is 0 Å². The highest BCUT2D eigenvalue weighted by atomic mass is 19.4. The predicted molar refractivity (Wildman–Crippen MR) is 72.6 cm³/mol. The van der Waals surface area contributed by atoms with E-state index in [0.717, 1.165) is 23.8 Å². The molecule has 0 heterocycles. The molecule has 0 aliphatic rings. The lowest BCUT2D eigenvalue weighted by atomic mass is 9.97. The smallest absolute Gasteiger partial charge is 0.416 e. The minimum atomic E-state index is -4.42. The van der Waals surface area contributed by atoms with E-state index in [1.807, 2.05) is 26.0 Å². The molecule has 0 fully saturated rings. The lowest BCUT2D eigenvalue weighted by molar-refractivity contribution is -0.137. The SMILES string of the molecule is CC(C)c1ccc(-c2cc(C(F)(F)F)ccc2O)cc1. The van der Waals surface area contributed by atoms with Gasteiger partial charge in [-0.25, -0.2) is 0 Å². The maximum absolute atomic E-state index is 12.7. The third-order valence-electron chi connectivity index (χ3n) is 3.21. The third-order valence-corrected chi connectivity index (χ3v) is 3.21. The highest BCUT2D eigenvalue weighted by molar-refractivity contribution is 5.71. The van der Waals surface area contributed by atoms with Gasteiger partial charge >= 0.3 is 6.18 Å². The summed E-state index contributed by atoms with van der Waals surface area (Å²) >= 11 is 0. The largest absolute Gasteiger partial charge is 0.507 e. The van der Waals surface area contributed by atoms with Crippen LogP contribution in [0.1, 0.15) is 30.9 Å². The van der Waals surface area contributed by atoms with Crippen molar-refractivity contribution in [2.75, 3.05) is 0 Å². The number of aromatic hydroxyl groups is 1. The zero-order chi connectivity index (χ0) is 14.9. The second-order valence-electron chi connectivity index (χ2n) is 5.01. The normalized spacial score (nSPS) is 11.9. The van der Waals surface area contributed by atoms with Crippen molar-refractivity contribution in [1.82, 2.24) is 0 Å². The molecule has 0 unspecified atom stereocenters. The van der Waals surface area contributed by atoms with Crippen LogP contribution in [0.5, 0.6) is 5.75 Å². The molecule has 2 rings (SSSR count). The number of hydrogen-bond donors (Lipinski definition) is 1. The molecule has 0 aromatic heterocycles. The summed E-state index contributed by atoms with van der Waals surface area (Å²) < 4.78 is 38.1. The fraction of sp³-hybridized carbons (Fsp3) is 0.250. The Morgan fingerprint density at radius 2 is 1.55 bits per heavy atom. The van der Waals surface area contributed by atoms with Gasteiger partial charge in [0, 0.05) is 5.56 Å². The molecule has 0 atom stereocenters. The predicted octanol–water partition coefficient (Wildman–Crippen LogP) is 5.20. The minimum Gasteiger partial charge on any atom is -0.507 e. The van der Waals surface area contributed by atoms with Gasteiger partial charge in [0.15, 0.2) is 0 Å². The Balaban J connectivity index is 2.46. The lowest BCUT2D eigenvalue weighted by Gasteiger charge is -2.12. The number of alkyl halides is 3. The Bertz CT molecular complexity index is 598. The van der Waals surface area contributed by atoms with Crippen LogP contribution < -0.4 is 0 Å². The number of halogens is 3. The molecule has 2 aromatic rings. The second kappa shape index (κ2) is 5.19. The lowest BCUT2D eigenvalue weighted by Crippen LogP contribution is -2.04. The molecule has 0 saturated heterocycles. The van der Waals surface area contributed by atoms with E-state index in [0.29, 0.717) is 11.5 Å². The molecule has 0 spiro atoms. The summed E-state index contributed by atoms with van der Waals surface area (Å²) in [6, 6.07) is 10.1. The summed E-state index contributed by atoms with van der Waals surface area (Å²) in [4.78, 5) is 0. The fourth-order valence-electron chi connectivity index (χ4n) is 1.99. The van der Waals surface area contributed by atoms with Gasteiger partial charge in [0.1, 0.15) is 5.75 Å². The van der Waals surface area contributed by atoms with Gasteiger partial charge in [-0.1, -0.05) is 38.1 Å². The van der Waals surface area contributed by atoms with Crippen molar-refractivity contribution in [1.29, 1.82) is 0 Å². The van der Waals surface area contributed by atoms with Crippen LogP contribution in [0, 0.1) is 0 Å². The average Bonchev–Trinajstić information content (AvgIpc) is 2.38. The zero-order valence-corrected chi connectivity index (χ0v) is 11.2. The van der Waals surface area contributed by atoms with Crippen LogP contribution in [0.2, 0.25) is 0 Å². The summed E-state index contributed by atoms with van der Waals surface area (Å²) in [6.07, 6.45) is -4.42. The molecule has 1 nitrogen and oxygen atoms in total. The van der Waals surface area contributed by atoms with E-state index in [2.05, 4.69) is 0 Å². The molecule has 2 aromatic carbocycles. The quantitative estimate of drug-likeness (QED) is 0.801. The van der Waals surface area contributed by atoms with Crippen LogP contribution in [0.3, 0.4) is 0 Å². The van der Waals surface area contributed by atoms with Crippen LogP contribution in [-0.4, -0.2) is 5.11 Å². The van der Waals surface area contributed by atoms with E-state index in [1.54, 1.807) is 12.1 Å². The maximum Gasteiger partial charge on any atom is 0.416 e. The van der Waals surface area contributed by atoms with Crippen molar-refractivity contribution in [3.05, 3.63) is 53.6 Å². The monoisotopic (exact) mass is 280 g/mol. The Kier molecular flexibility index (Phi) is 3.75. The Labute approximate surface area is 115 Å². The third kappa shape index (κ3) is 2.95. The van der Waals surface area contributed by atoms with Gasteiger partial charge in [-0.15, -0.1) is 0 Å². The first-order valence-corrected chi connectivity index (χ1v) is 6.29. The van der Waals surface area contributed by atoms with Gasteiger partial charge in [0.2, 0.25) is 0 Å². The summed E-state index contributed by atoms with van der Waals surface area (Å²) in [5, 5.41) is 9.77. The molecule has 106 valence electrons. The molecule has 0 aliphatic carbocycles. The van der Waals surface area contributed by atoms with E-state index in [9.17, 15) is 18.3 Å². The number of benzene rings is 2. The van der Waals surface area contributed by atoms with Crippen molar-refractivity contribution in [2.45, 2.75) is 25.9 Å². The molecule has 0 radical (unpaired) electrons. The number of hydrogen-bond acceptors (Lipinski definition) is 1. The van der Waals surface area contributed by atoms with Crippen LogP contribution in [0.4, 0.5) is 13.2 Å². The highest BCUT2D eigenvalue weighted by Crippen LogP contribution is 2.36. The molecule has 20 heavy (non-hydrogen) atoms. The summed E-state index contributed by atoms with van der Waals surface area (Å²) in [5.74, 6) is 0.189. The number of rotatable bonds is 2. The van der Waals surface area contributed by atoms with Crippen LogP contribution in [-0.2, 0) is 6.18 Å². The first-order chi connectivity index (χ1) is 9.29. The topological polar surface area (TPSA) is 20.2 Å². The zero-order valence-electron chi connectivity index (χ0n) is 11.2.